The first kappa shape index (κ1) is 19.8. The zero-order valence-corrected chi connectivity index (χ0v) is 17.3. The number of para-hydroxylation sites is 1. The number of hydrogen-bond donors (Lipinski definition) is 3. The van der Waals surface area contributed by atoms with Crippen LogP contribution in [0.2, 0.25) is 0 Å². The molecule has 2 saturated heterocycles. The first-order valence-electron chi connectivity index (χ1n) is 10.8. The number of benzene rings is 2. The Balaban J connectivity index is 1.59. The summed E-state index contributed by atoms with van der Waals surface area (Å²) < 4.78 is 0. The van der Waals surface area contributed by atoms with Crippen molar-refractivity contribution < 1.29 is 19.5 Å². The molecule has 4 atom stereocenters. The molecule has 3 heterocycles. The summed E-state index contributed by atoms with van der Waals surface area (Å²) in [4.78, 5) is 41.6. The highest BCUT2D eigenvalue weighted by atomic mass is 16.3. The van der Waals surface area contributed by atoms with E-state index in [9.17, 15) is 19.5 Å². The molecule has 0 bridgehead atoms. The molecule has 3 N–H and O–H groups in total. The van der Waals surface area contributed by atoms with E-state index in [1.165, 1.54) is 4.90 Å². The van der Waals surface area contributed by atoms with Gasteiger partial charge in [-0.15, -0.1) is 0 Å². The molecule has 3 aliphatic rings. The van der Waals surface area contributed by atoms with E-state index in [4.69, 9.17) is 0 Å². The number of aromatic hydroxyl groups is 1. The Kier molecular flexibility index (Phi) is 4.59. The number of rotatable bonds is 5. The first-order chi connectivity index (χ1) is 15.0. The first-order valence-corrected chi connectivity index (χ1v) is 10.8. The highest BCUT2D eigenvalue weighted by molar-refractivity contribution is 6.15. The molecule has 3 aliphatic heterocycles. The SMILES string of the molecule is CCCCN1C(=O)C2C(Cc3ccc(O)cc3)NC3(C(=O)Nc4ccccc43)C2C1=O. The van der Waals surface area contributed by atoms with Gasteiger partial charge in [-0.2, -0.15) is 0 Å². The molecule has 0 saturated carbocycles. The van der Waals surface area contributed by atoms with Crippen molar-refractivity contribution in [1.82, 2.24) is 10.2 Å². The fourth-order valence-electron chi connectivity index (χ4n) is 5.42. The summed E-state index contributed by atoms with van der Waals surface area (Å²) in [5.41, 5.74) is 1.07. The second-order valence-corrected chi connectivity index (χ2v) is 8.61. The molecule has 2 fully saturated rings. The number of fused-ring (bicyclic) bond motifs is 4. The third-order valence-electron chi connectivity index (χ3n) is 6.84. The highest BCUT2D eigenvalue weighted by Crippen LogP contribution is 2.53. The number of imide groups is 1. The number of nitrogens with one attached hydrogen (secondary N) is 2. The number of phenols is 1. The molecular formula is C24H25N3O4. The molecular weight excluding hydrogens is 394 g/mol. The van der Waals surface area contributed by atoms with Crippen LogP contribution in [0.1, 0.15) is 30.9 Å². The zero-order chi connectivity index (χ0) is 21.8. The lowest BCUT2D eigenvalue weighted by atomic mass is 9.76. The van der Waals surface area contributed by atoms with Gasteiger partial charge in [0.15, 0.2) is 0 Å². The van der Waals surface area contributed by atoms with Crippen LogP contribution in [0, 0.1) is 11.8 Å². The Labute approximate surface area is 180 Å². The van der Waals surface area contributed by atoms with Crippen molar-refractivity contribution in [2.24, 2.45) is 11.8 Å². The molecule has 2 aromatic rings. The van der Waals surface area contributed by atoms with E-state index >= 15 is 0 Å². The normalized spacial score (nSPS) is 28.9. The van der Waals surface area contributed by atoms with Crippen LogP contribution in [0.15, 0.2) is 48.5 Å². The van der Waals surface area contributed by atoms with Gasteiger partial charge in [0.25, 0.3) is 0 Å². The second kappa shape index (κ2) is 7.20. The van der Waals surface area contributed by atoms with E-state index in [0.717, 1.165) is 24.0 Å². The minimum absolute atomic E-state index is 0.166. The van der Waals surface area contributed by atoms with Crippen LogP contribution >= 0.6 is 0 Å². The minimum Gasteiger partial charge on any atom is -0.508 e. The van der Waals surface area contributed by atoms with Gasteiger partial charge < -0.3 is 10.4 Å². The smallest absolute Gasteiger partial charge is 0.250 e. The van der Waals surface area contributed by atoms with E-state index in [0.29, 0.717) is 18.7 Å². The van der Waals surface area contributed by atoms with Crippen molar-refractivity contribution in [3.8, 4) is 5.75 Å². The quantitative estimate of drug-likeness (QED) is 0.645. The summed E-state index contributed by atoms with van der Waals surface area (Å²) in [6, 6.07) is 13.8. The molecule has 0 aliphatic carbocycles. The largest absolute Gasteiger partial charge is 0.508 e. The average Bonchev–Trinajstić information content (AvgIpc) is 3.33. The van der Waals surface area contributed by atoms with Crippen molar-refractivity contribution in [2.45, 2.75) is 37.8 Å². The number of carbonyl (C=O) groups is 3. The van der Waals surface area contributed by atoms with E-state index in [-0.39, 0.29) is 29.5 Å². The standard InChI is InChI=1S/C24H25N3O4/c1-2-3-12-27-21(29)19-18(13-14-8-10-15(28)11-9-14)26-24(20(19)22(27)30)16-6-4-5-7-17(16)25-23(24)31/h4-11,18-20,26,28H,2-3,12-13H2,1H3,(H,25,31). The number of phenolic OH excluding ortho intramolecular Hbond substituents is 1. The second-order valence-electron chi connectivity index (χ2n) is 8.61. The van der Waals surface area contributed by atoms with Gasteiger partial charge in [0.1, 0.15) is 11.3 Å². The molecule has 7 nitrogen and oxygen atoms in total. The molecule has 0 radical (unpaired) electrons. The van der Waals surface area contributed by atoms with Gasteiger partial charge >= 0.3 is 0 Å². The van der Waals surface area contributed by atoms with E-state index < -0.39 is 17.4 Å². The fourth-order valence-corrected chi connectivity index (χ4v) is 5.42. The van der Waals surface area contributed by atoms with Crippen molar-refractivity contribution in [3.05, 3.63) is 59.7 Å². The fraction of sp³-hybridized carbons (Fsp3) is 0.375. The van der Waals surface area contributed by atoms with Gasteiger partial charge in [-0.05, 0) is 36.6 Å². The van der Waals surface area contributed by atoms with Crippen LogP contribution in [0.4, 0.5) is 5.69 Å². The highest BCUT2D eigenvalue weighted by Gasteiger charge is 2.70. The summed E-state index contributed by atoms with van der Waals surface area (Å²) >= 11 is 0. The Bertz CT molecular complexity index is 1070. The van der Waals surface area contributed by atoms with Crippen LogP contribution in [0.25, 0.3) is 0 Å². The zero-order valence-electron chi connectivity index (χ0n) is 17.3. The molecule has 160 valence electrons. The van der Waals surface area contributed by atoms with Gasteiger partial charge in [0, 0.05) is 23.8 Å². The van der Waals surface area contributed by atoms with Crippen LogP contribution < -0.4 is 10.6 Å². The molecule has 31 heavy (non-hydrogen) atoms. The van der Waals surface area contributed by atoms with Crippen molar-refractivity contribution in [2.75, 3.05) is 11.9 Å². The summed E-state index contributed by atoms with van der Waals surface area (Å²) in [5.74, 6) is -1.97. The maximum absolute atomic E-state index is 13.5. The molecule has 4 unspecified atom stereocenters. The lowest BCUT2D eigenvalue weighted by molar-refractivity contribution is -0.142. The maximum atomic E-state index is 13.5. The third kappa shape index (κ3) is 2.80. The predicted molar refractivity (Wildman–Crippen MR) is 114 cm³/mol. The third-order valence-corrected chi connectivity index (χ3v) is 6.84. The van der Waals surface area contributed by atoms with Gasteiger partial charge in [0.05, 0.1) is 11.8 Å². The van der Waals surface area contributed by atoms with Crippen molar-refractivity contribution in [1.29, 1.82) is 0 Å². The Morgan fingerprint density at radius 1 is 1.03 bits per heavy atom. The summed E-state index contributed by atoms with van der Waals surface area (Å²) in [7, 11) is 0. The van der Waals surface area contributed by atoms with Crippen LogP contribution in [0.3, 0.4) is 0 Å². The number of amides is 3. The van der Waals surface area contributed by atoms with Crippen LogP contribution in [-0.2, 0) is 26.3 Å². The van der Waals surface area contributed by atoms with Crippen molar-refractivity contribution >= 4 is 23.4 Å². The van der Waals surface area contributed by atoms with Gasteiger partial charge in [-0.1, -0.05) is 43.7 Å². The van der Waals surface area contributed by atoms with E-state index in [1.807, 2.05) is 31.2 Å². The summed E-state index contributed by atoms with van der Waals surface area (Å²) in [6.45, 7) is 2.40. The average molecular weight is 419 g/mol. The summed E-state index contributed by atoms with van der Waals surface area (Å²) in [6.07, 6.45) is 2.08. The Hall–Kier alpha value is -3.19. The number of likely N-dealkylation sites (tertiary alicyclic amines) is 1. The predicted octanol–water partition coefficient (Wildman–Crippen LogP) is 2.16. The van der Waals surface area contributed by atoms with Gasteiger partial charge in [-0.3, -0.25) is 24.6 Å². The topological polar surface area (TPSA) is 98.7 Å². The number of anilines is 1. The van der Waals surface area contributed by atoms with E-state index in [1.54, 1.807) is 24.3 Å². The molecule has 0 aromatic heterocycles. The number of unbranched alkanes of at least 4 members (excludes halogenated alkanes) is 1. The maximum Gasteiger partial charge on any atom is 0.250 e. The molecule has 2 aromatic carbocycles. The molecule has 7 heteroatoms. The van der Waals surface area contributed by atoms with Gasteiger partial charge in [0.2, 0.25) is 17.7 Å². The molecule has 5 rings (SSSR count). The molecule has 3 amide bonds. The monoisotopic (exact) mass is 419 g/mol. The summed E-state index contributed by atoms with van der Waals surface area (Å²) in [5, 5.41) is 15.9. The lowest BCUT2D eigenvalue weighted by Crippen LogP contribution is -2.53. The van der Waals surface area contributed by atoms with Gasteiger partial charge in [-0.25, -0.2) is 0 Å². The number of carbonyl (C=O) groups excluding carboxylic acids is 3. The lowest BCUT2D eigenvalue weighted by Gasteiger charge is -2.29. The van der Waals surface area contributed by atoms with Crippen molar-refractivity contribution in [3.63, 3.8) is 0 Å². The molecule has 1 spiro atoms. The Morgan fingerprint density at radius 2 is 1.77 bits per heavy atom. The van der Waals surface area contributed by atoms with Crippen LogP contribution in [0.5, 0.6) is 5.75 Å². The minimum atomic E-state index is -1.25. The van der Waals surface area contributed by atoms with E-state index in [2.05, 4.69) is 10.6 Å². The number of hydrogen-bond acceptors (Lipinski definition) is 5. The number of nitrogens with zero attached hydrogens (tertiary/aromatic N) is 1. The van der Waals surface area contributed by atoms with Crippen LogP contribution in [-0.4, -0.2) is 40.3 Å². The Morgan fingerprint density at radius 3 is 2.52 bits per heavy atom.